The Bertz CT molecular complexity index is 1540. The normalized spacial score (nSPS) is 10.6. The third-order valence-corrected chi connectivity index (χ3v) is 6.74. The molecule has 0 fully saturated rings. The first kappa shape index (κ1) is 34.7. The summed E-state index contributed by atoms with van der Waals surface area (Å²) >= 11 is 0. The topological polar surface area (TPSA) is 176 Å². The van der Waals surface area contributed by atoms with Crippen molar-refractivity contribution in [3.63, 3.8) is 0 Å². The summed E-state index contributed by atoms with van der Waals surface area (Å²) in [5, 5.41) is 12.6. The van der Waals surface area contributed by atoms with Crippen LogP contribution in [0.5, 0.6) is 17.2 Å². The Balaban J connectivity index is 1.41. The van der Waals surface area contributed by atoms with E-state index in [0.717, 1.165) is 16.9 Å². The van der Waals surface area contributed by atoms with Gasteiger partial charge >= 0.3 is 0 Å². The molecular weight excluding hydrogens is 604 g/mol. The summed E-state index contributed by atoms with van der Waals surface area (Å²) in [5.74, 6) is 2.83. The van der Waals surface area contributed by atoms with E-state index in [9.17, 15) is 4.79 Å². The van der Waals surface area contributed by atoms with Gasteiger partial charge in [-0.05, 0) is 48.0 Å². The molecular formula is C33H42N8O6. The van der Waals surface area contributed by atoms with E-state index >= 15 is 0 Å². The molecule has 47 heavy (non-hydrogen) atoms. The van der Waals surface area contributed by atoms with E-state index in [1.165, 1.54) is 0 Å². The van der Waals surface area contributed by atoms with Gasteiger partial charge in [0.25, 0.3) is 5.91 Å². The van der Waals surface area contributed by atoms with Gasteiger partial charge in [0, 0.05) is 43.0 Å². The number of hydrogen-bond donors (Lipinski definition) is 5. The molecule has 14 nitrogen and oxygen atoms in total. The van der Waals surface area contributed by atoms with Crippen molar-refractivity contribution < 1.29 is 28.5 Å². The highest BCUT2D eigenvalue weighted by atomic mass is 16.5. The highest BCUT2D eigenvalue weighted by Crippen LogP contribution is 2.31. The van der Waals surface area contributed by atoms with E-state index in [-0.39, 0.29) is 5.91 Å². The lowest BCUT2D eigenvalue weighted by Crippen LogP contribution is -2.27. The second-order valence-electron chi connectivity index (χ2n) is 9.99. The maximum Gasteiger partial charge on any atom is 0.251 e. The minimum Gasteiger partial charge on any atom is -0.497 e. The monoisotopic (exact) mass is 646 g/mol. The molecule has 0 spiro atoms. The average molecular weight is 647 g/mol. The van der Waals surface area contributed by atoms with Crippen LogP contribution in [0.2, 0.25) is 0 Å². The summed E-state index contributed by atoms with van der Waals surface area (Å²) < 4.78 is 27.0. The second kappa shape index (κ2) is 18.7. The van der Waals surface area contributed by atoms with Crippen molar-refractivity contribution in [3.8, 4) is 17.2 Å². The van der Waals surface area contributed by atoms with Gasteiger partial charge in [0.15, 0.2) is 11.5 Å². The van der Waals surface area contributed by atoms with Crippen molar-refractivity contribution >= 4 is 29.4 Å². The van der Waals surface area contributed by atoms with Gasteiger partial charge in [0.2, 0.25) is 17.8 Å². The van der Waals surface area contributed by atoms with Gasteiger partial charge in [-0.15, -0.1) is 0 Å². The molecule has 4 rings (SSSR count). The molecule has 0 aliphatic carbocycles. The van der Waals surface area contributed by atoms with Crippen molar-refractivity contribution in [1.82, 2.24) is 20.3 Å². The number of nitrogens with two attached hydrogens (primary N) is 1. The summed E-state index contributed by atoms with van der Waals surface area (Å²) in [6.45, 7) is 3.50. The van der Waals surface area contributed by atoms with Crippen LogP contribution >= 0.6 is 0 Å². The minimum absolute atomic E-state index is 0.204. The Morgan fingerprint density at radius 2 is 1.40 bits per heavy atom. The van der Waals surface area contributed by atoms with Gasteiger partial charge in [-0.3, -0.25) is 4.79 Å². The predicted octanol–water partition coefficient (Wildman–Crippen LogP) is 3.59. The van der Waals surface area contributed by atoms with Gasteiger partial charge in [-0.2, -0.15) is 15.0 Å². The number of amides is 1. The fraction of sp³-hybridized carbons (Fsp3) is 0.333. The number of rotatable bonds is 20. The van der Waals surface area contributed by atoms with Crippen LogP contribution in [0.15, 0.2) is 66.7 Å². The number of nitrogens with one attached hydrogen (secondary N) is 4. The molecule has 0 radical (unpaired) electrons. The van der Waals surface area contributed by atoms with E-state index in [1.807, 2.05) is 42.5 Å². The number of carbonyl (C=O) groups excluding carboxylic acids is 1. The standard InChI is InChI=1S/C33H42N8O6/c1-43-27-13-7-23(8-14-27)21-36-31-39-32(37-22-25-5-4-6-28(44-2)29(25)45-3)41-33(40-31)38-26-11-9-24(10-12-26)30(42)35-16-18-47-20-19-46-17-15-34/h4-14H,15-22,34H2,1-3H3,(H,35,42)(H3,36,37,38,39,40,41). The maximum atomic E-state index is 12.6. The molecule has 6 N–H and O–H groups in total. The maximum absolute atomic E-state index is 12.6. The zero-order valence-corrected chi connectivity index (χ0v) is 26.9. The number of aromatic nitrogens is 3. The molecule has 0 aliphatic rings. The molecule has 0 atom stereocenters. The van der Waals surface area contributed by atoms with Crippen molar-refractivity contribution in [3.05, 3.63) is 83.4 Å². The Morgan fingerprint density at radius 3 is 2.06 bits per heavy atom. The van der Waals surface area contributed by atoms with Crippen LogP contribution in [0.3, 0.4) is 0 Å². The molecule has 1 aromatic heterocycles. The number of carbonyl (C=O) groups is 1. The fourth-order valence-corrected chi connectivity index (χ4v) is 4.36. The first-order chi connectivity index (χ1) is 23.0. The summed E-state index contributed by atoms with van der Waals surface area (Å²) in [6.07, 6.45) is 0. The fourth-order valence-electron chi connectivity index (χ4n) is 4.36. The molecule has 3 aromatic carbocycles. The molecule has 1 amide bonds. The molecule has 0 saturated carbocycles. The van der Waals surface area contributed by atoms with Crippen LogP contribution in [0, 0.1) is 0 Å². The SMILES string of the molecule is COc1ccc(CNc2nc(NCc3cccc(OC)c3OC)nc(Nc3ccc(C(=O)NCCOCCOCCN)cc3)n2)cc1. The highest BCUT2D eigenvalue weighted by Gasteiger charge is 2.12. The second-order valence-corrected chi connectivity index (χ2v) is 9.99. The van der Waals surface area contributed by atoms with Crippen LogP contribution in [0.4, 0.5) is 23.5 Å². The largest absolute Gasteiger partial charge is 0.497 e. The van der Waals surface area contributed by atoms with Crippen LogP contribution < -0.4 is 41.2 Å². The molecule has 0 aliphatic heterocycles. The average Bonchev–Trinajstić information content (AvgIpc) is 3.11. The van der Waals surface area contributed by atoms with Crippen molar-refractivity contribution in [2.45, 2.75) is 13.1 Å². The van der Waals surface area contributed by atoms with Crippen molar-refractivity contribution in [1.29, 1.82) is 0 Å². The van der Waals surface area contributed by atoms with Gasteiger partial charge < -0.3 is 50.7 Å². The van der Waals surface area contributed by atoms with E-state index < -0.39 is 0 Å². The number of anilines is 4. The Morgan fingerprint density at radius 1 is 0.723 bits per heavy atom. The van der Waals surface area contributed by atoms with Crippen LogP contribution in [-0.2, 0) is 22.6 Å². The van der Waals surface area contributed by atoms with E-state index in [2.05, 4.69) is 36.2 Å². The van der Waals surface area contributed by atoms with Gasteiger partial charge in [0.05, 0.1) is 47.8 Å². The molecule has 0 saturated heterocycles. The van der Waals surface area contributed by atoms with Crippen molar-refractivity contribution in [2.75, 3.05) is 76.8 Å². The third kappa shape index (κ3) is 11.0. The van der Waals surface area contributed by atoms with Crippen LogP contribution in [0.25, 0.3) is 0 Å². The molecule has 250 valence electrons. The molecule has 0 bridgehead atoms. The van der Waals surface area contributed by atoms with E-state index in [1.54, 1.807) is 45.6 Å². The molecule has 4 aromatic rings. The van der Waals surface area contributed by atoms with Gasteiger partial charge in [-0.1, -0.05) is 24.3 Å². The highest BCUT2D eigenvalue weighted by molar-refractivity contribution is 5.94. The van der Waals surface area contributed by atoms with Crippen LogP contribution in [0.1, 0.15) is 21.5 Å². The van der Waals surface area contributed by atoms with Gasteiger partial charge in [0.1, 0.15) is 5.75 Å². The first-order valence-electron chi connectivity index (χ1n) is 15.1. The Hall–Kier alpha value is -5.18. The number of ether oxygens (including phenoxy) is 5. The number of methoxy groups -OCH3 is 3. The lowest BCUT2D eigenvalue weighted by atomic mass is 10.2. The number of benzene rings is 3. The third-order valence-electron chi connectivity index (χ3n) is 6.74. The zero-order valence-electron chi connectivity index (χ0n) is 26.9. The zero-order chi connectivity index (χ0) is 33.3. The summed E-state index contributed by atoms with van der Waals surface area (Å²) in [5.41, 5.74) is 8.47. The Labute approximate surface area is 274 Å². The smallest absolute Gasteiger partial charge is 0.251 e. The number of para-hydroxylation sites is 1. The van der Waals surface area contributed by atoms with Crippen LogP contribution in [-0.4, -0.2) is 81.7 Å². The minimum atomic E-state index is -0.204. The number of hydrogen-bond acceptors (Lipinski definition) is 13. The van der Waals surface area contributed by atoms with Gasteiger partial charge in [-0.25, -0.2) is 0 Å². The Kier molecular flexibility index (Phi) is 13.8. The summed E-state index contributed by atoms with van der Waals surface area (Å²) in [6, 6.07) is 20.4. The van der Waals surface area contributed by atoms with E-state index in [0.29, 0.717) is 93.2 Å². The van der Waals surface area contributed by atoms with Crippen molar-refractivity contribution in [2.24, 2.45) is 5.73 Å². The summed E-state index contributed by atoms with van der Waals surface area (Å²) in [4.78, 5) is 26.3. The number of nitrogens with zero attached hydrogens (tertiary/aromatic N) is 3. The summed E-state index contributed by atoms with van der Waals surface area (Å²) in [7, 11) is 4.82. The molecule has 0 unspecified atom stereocenters. The molecule has 1 heterocycles. The quantitative estimate of drug-likeness (QED) is 0.0882. The first-order valence-corrected chi connectivity index (χ1v) is 15.1. The van der Waals surface area contributed by atoms with E-state index in [4.69, 9.17) is 29.4 Å². The predicted molar refractivity (Wildman–Crippen MR) is 180 cm³/mol. The lowest BCUT2D eigenvalue weighted by molar-refractivity contribution is 0.0511. The lowest BCUT2D eigenvalue weighted by Gasteiger charge is -2.14. The molecule has 14 heteroatoms.